The van der Waals surface area contributed by atoms with Gasteiger partial charge in [-0.1, -0.05) is 20.8 Å². The van der Waals surface area contributed by atoms with Crippen molar-refractivity contribution in [2.75, 3.05) is 38.1 Å². The molecule has 0 unspecified atom stereocenters. The first kappa shape index (κ1) is 15.7. The Kier molecular flexibility index (Phi) is 5.51. The highest BCUT2D eigenvalue weighted by Gasteiger charge is 2.18. The molecule has 2 aromatic rings. The van der Waals surface area contributed by atoms with Crippen molar-refractivity contribution < 1.29 is 0 Å². The Bertz CT molecular complexity index is 574. The maximum Gasteiger partial charge on any atom is 0.138 e. The molecular formula is C17H26N4. The third-order valence-corrected chi connectivity index (χ3v) is 3.80. The maximum atomic E-state index is 4.84. The highest BCUT2D eigenvalue weighted by atomic mass is 15.3. The fourth-order valence-corrected chi connectivity index (χ4v) is 2.55. The zero-order chi connectivity index (χ0) is 15.2. The lowest BCUT2D eigenvalue weighted by Gasteiger charge is -2.34. The average Bonchev–Trinajstić information content (AvgIpc) is 2.56. The molecule has 3 rings (SSSR count). The van der Waals surface area contributed by atoms with Gasteiger partial charge in [0.2, 0.25) is 0 Å². The summed E-state index contributed by atoms with van der Waals surface area (Å²) >= 11 is 0. The Morgan fingerprint density at radius 1 is 1.14 bits per heavy atom. The third-order valence-electron chi connectivity index (χ3n) is 3.80. The smallest absolute Gasteiger partial charge is 0.138 e. The molecule has 1 aliphatic heterocycles. The van der Waals surface area contributed by atoms with Gasteiger partial charge in [0.05, 0.1) is 5.52 Å². The van der Waals surface area contributed by atoms with Crippen LogP contribution in [0.15, 0.2) is 24.4 Å². The van der Waals surface area contributed by atoms with Gasteiger partial charge < -0.3 is 9.80 Å². The van der Waals surface area contributed by atoms with E-state index in [4.69, 9.17) is 4.98 Å². The van der Waals surface area contributed by atoms with E-state index in [0.29, 0.717) is 0 Å². The van der Waals surface area contributed by atoms with E-state index in [1.165, 1.54) is 5.39 Å². The summed E-state index contributed by atoms with van der Waals surface area (Å²) in [4.78, 5) is 14.1. The monoisotopic (exact) mass is 286 g/mol. The van der Waals surface area contributed by atoms with E-state index in [9.17, 15) is 0 Å². The summed E-state index contributed by atoms with van der Waals surface area (Å²) in [5.74, 6) is 1.11. The highest BCUT2D eigenvalue weighted by molar-refractivity contribution is 5.89. The molecular weight excluding hydrogens is 260 g/mol. The fraction of sp³-hybridized carbons (Fsp3) is 0.529. The second kappa shape index (κ2) is 7.36. The van der Waals surface area contributed by atoms with Gasteiger partial charge in [0.25, 0.3) is 0 Å². The van der Waals surface area contributed by atoms with Crippen LogP contribution in [0, 0.1) is 0 Å². The van der Waals surface area contributed by atoms with E-state index in [1.54, 1.807) is 0 Å². The Hall–Kier alpha value is -1.68. The average molecular weight is 286 g/mol. The zero-order valence-corrected chi connectivity index (χ0v) is 13.6. The van der Waals surface area contributed by atoms with Crippen molar-refractivity contribution in [2.24, 2.45) is 0 Å². The summed E-state index contributed by atoms with van der Waals surface area (Å²) in [5, 5.41) is 1.17. The van der Waals surface area contributed by atoms with Crippen LogP contribution in [0.4, 0.5) is 5.82 Å². The van der Waals surface area contributed by atoms with Crippen molar-refractivity contribution in [3.8, 4) is 0 Å². The van der Waals surface area contributed by atoms with Gasteiger partial charge in [-0.25, -0.2) is 4.98 Å². The molecule has 0 spiro atoms. The number of aryl methyl sites for hydroxylation is 1. The summed E-state index contributed by atoms with van der Waals surface area (Å²) in [6.07, 6.45) is 2.81. The number of hydrogen-bond acceptors (Lipinski definition) is 4. The van der Waals surface area contributed by atoms with Crippen molar-refractivity contribution in [1.29, 1.82) is 0 Å². The van der Waals surface area contributed by atoms with Gasteiger partial charge in [-0.15, -0.1) is 0 Å². The van der Waals surface area contributed by atoms with E-state index in [0.717, 1.165) is 49.6 Å². The number of likely N-dealkylation sites (N-methyl/N-ethyl adjacent to an activating group) is 1. The van der Waals surface area contributed by atoms with Crippen LogP contribution in [0.25, 0.3) is 10.9 Å². The number of aromatic nitrogens is 2. The van der Waals surface area contributed by atoms with Gasteiger partial charge in [-0.2, -0.15) is 0 Å². The van der Waals surface area contributed by atoms with Crippen molar-refractivity contribution in [2.45, 2.75) is 27.2 Å². The lowest BCUT2D eigenvalue weighted by atomic mass is 10.2. The molecule has 0 aromatic carbocycles. The van der Waals surface area contributed by atoms with Gasteiger partial charge in [0.15, 0.2) is 0 Å². The minimum absolute atomic E-state index is 0.952. The molecule has 0 bridgehead atoms. The maximum absolute atomic E-state index is 4.84. The van der Waals surface area contributed by atoms with Crippen LogP contribution >= 0.6 is 0 Å². The van der Waals surface area contributed by atoms with Crippen molar-refractivity contribution in [1.82, 2.24) is 14.9 Å². The molecule has 0 N–H and O–H groups in total. The summed E-state index contributed by atoms with van der Waals surface area (Å²) in [6.45, 7) is 10.4. The van der Waals surface area contributed by atoms with Gasteiger partial charge in [0.1, 0.15) is 5.82 Å². The van der Waals surface area contributed by atoms with E-state index in [-0.39, 0.29) is 0 Å². The quantitative estimate of drug-likeness (QED) is 0.849. The van der Waals surface area contributed by atoms with Crippen LogP contribution in [0.1, 0.15) is 26.5 Å². The normalized spacial score (nSPS) is 15.7. The van der Waals surface area contributed by atoms with Crippen LogP contribution in [0.2, 0.25) is 0 Å². The number of fused-ring (bicyclic) bond motifs is 1. The van der Waals surface area contributed by atoms with Crippen LogP contribution in [0.3, 0.4) is 0 Å². The lowest BCUT2D eigenvalue weighted by molar-refractivity contribution is 0.312. The number of anilines is 1. The minimum Gasteiger partial charge on any atom is -0.353 e. The highest BCUT2D eigenvalue weighted by Crippen LogP contribution is 2.25. The minimum atomic E-state index is 0.952. The molecule has 3 heterocycles. The number of nitrogens with zero attached hydrogens (tertiary/aromatic N) is 4. The SMILES string of the molecule is CC.CCc1cc2ncccc2c(N2CCN(C)CC2)n1. The molecule has 4 heteroatoms. The summed E-state index contributed by atoms with van der Waals surface area (Å²) in [6, 6.07) is 6.23. The molecule has 1 aliphatic rings. The summed E-state index contributed by atoms with van der Waals surface area (Å²) in [7, 11) is 2.17. The lowest BCUT2D eigenvalue weighted by Crippen LogP contribution is -2.45. The Morgan fingerprint density at radius 3 is 2.52 bits per heavy atom. The Morgan fingerprint density at radius 2 is 1.86 bits per heavy atom. The number of piperazine rings is 1. The second-order valence-electron chi connectivity index (χ2n) is 5.15. The fourth-order valence-electron chi connectivity index (χ4n) is 2.55. The van der Waals surface area contributed by atoms with E-state index >= 15 is 0 Å². The van der Waals surface area contributed by atoms with Crippen LogP contribution in [0.5, 0.6) is 0 Å². The standard InChI is InChI=1S/C15H20N4.C2H6/c1-3-12-11-14-13(5-4-6-16-14)15(17-12)19-9-7-18(2)8-10-19;1-2/h4-6,11H,3,7-10H2,1-2H3;1-2H3. The van der Waals surface area contributed by atoms with Crippen molar-refractivity contribution in [3.05, 3.63) is 30.1 Å². The molecule has 4 nitrogen and oxygen atoms in total. The molecule has 2 aromatic heterocycles. The predicted octanol–water partition coefficient (Wildman–Crippen LogP) is 2.97. The molecule has 0 radical (unpaired) electrons. The second-order valence-corrected chi connectivity index (χ2v) is 5.15. The topological polar surface area (TPSA) is 32.3 Å². The molecule has 0 saturated carbocycles. The summed E-state index contributed by atoms with van der Waals surface area (Å²) < 4.78 is 0. The van der Waals surface area contributed by atoms with Crippen molar-refractivity contribution in [3.63, 3.8) is 0 Å². The Balaban J connectivity index is 0.000000774. The molecule has 21 heavy (non-hydrogen) atoms. The molecule has 1 fully saturated rings. The van der Waals surface area contributed by atoms with Gasteiger partial charge in [0, 0.05) is 43.5 Å². The van der Waals surface area contributed by atoms with Crippen LogP contribution < -0.4 is 4.90 Å². The largest absolute Gasteiger partial charge is 0.353 e. The van der Waals surface area contributed by atoms with E-state index < -0.39 is 0 Å². The molecule has 0 atom stereocenters. The Labute approximate surface area is 127 Å². The summed E-state index contributed by atoms with van der Waals surface area (Å²) in [5.41, 5.74) is 2.18. The zero-order valence-electron chi connectivity index (χ0n) is 13.6. The molecule has 1 saturated heterocycles. The predicted molar refractivity (Wildman–Crippen MR) is 90.0 cm³/mol. The van der Waals surface area contributed by atoms with Crippen LogP contribution in [-0.4, -0.2) is 48.1 Å². The van der Waals surface area contributed by atoms with E-state index in [1.807, 2.05) is 26.1 Å². The van der Waals surface area contributed by atoms with Gasteiger partial charge in [-0.05, 0) is 31.7 Å². The first-order valence-corrected chi connectivity index (χ1v) is 7.96. The molecule has 0 amide bonds. The first-order chi connectivity index (χ1) is 10.3. The molecule has 114 valence electrons. The first-order valence-electron chi connectivity index (χ1n) is 7.96. The number of hydrogen-bond donors (Lipinski definition) is 0. The number of pyridine rings is 2. The van der Waals surface area contributed by atoms with Gasteiger partial charge >= 0.3 is 0 Å². The van der Waals surface area contributed by atoms with Crippen LogP contribution in [-0.2, 0) is 6.42 Å². The molecule has 0 aliphatic carbocycles. The van der Waals surface area contributed by atoms with Gasteiger partial charge in [-0.3, -0.25) is 4.98 Å². The van der Waals surface area contributed by atoms with E-state index in [2.05, 4.69) is 40.9 Å². The van der Waals surface area contributed by atoms with Crippen molar-refractivity contribution >= 4 is 16.7 Å². The number of rotatable bonds is 2. The third kappa shape index (κ3) is 3.50.